The summed E-state index contributed by atoms with van der Waals surface area (Å²) >= 11 is 0. The molecule has 0 fully saturated rings. The van der Waals surface area contributed by atoms with Crippen molar-refractivity contribution >= 4 is 5.97 Å². The summed E-state index contributed by atoms with van der Waals surface area (Å²) in [6, 6.07) is 8.79. The number of aliphatic hydroxyl groups excluding tert-OH is 1. The molecular formula is C12H14O4. The second kappa shape index (κ2) is 5.92. The Morgan fingerprint density at radius 2 is 2.06 bits per heavy atom. The van der Waals surface area contributed by atoms with Gasteiger partial charge in [-0.25, -0.2) is 4.79 Å². The minimum absolute atomic E-state index is 0.511. The fraction of sp³-hybridized carbons (Fsp3) is 0.250. The van der Waals surface area contributed by atoms with Crippen LogP contribution in [0.5, 0.6) is 5.75 Å². The van der Waals surface area contributed by atoms with E-state index < -0.39 is 18.4 Å². The average molecular weight is 222 g/mol. The van der Waals surface area contributed by atoms with Crippen LogP contribution in [0.15, 0.2) is 43.0 Å². The second-order valence-corrected chi connectivity index (χ2v) is 3.17. The Morgan fingerprint density at radius 3 is 2.62 bits per heavy atom. The lowest BCUT2D eigenvalue weighted by Gasteiger charge is -2.19. The van der Waals surface area contributed by atoms with Crippen molar-refractivity contribution in [3.63, 3.8) is 0 Å². The molecule has 4 nitrogen and oxygen atoms in total. The zero-order valence-corrected chi connectivity index (χ0v) is 9.00. The molecule has 2 unspecified atom stereocenters. The SMILES string of the molecule is C=CC(=O)OC(C)C(O)Oc1ccccc1. The van der Waals surface area contributed by atoms with E-state index in [0.29, 0.717) is 5.75 Å². The summed E-state index contributed by atoms with van der Waals surface area (Å²) in [6.07, 6.45) is -0.928. The largest absolute Gasteiger partial charge is 0.461 e. The smallest absolute Gasteiger partial charge is 0.330 e. The van der Waals surface area contributed by atoms with Crippen LogP contribution < -0.4 is 4.74 Å². The molecule has 0 aliphatic rings. The molecule has 0 aliphatic carbocycles. The third-order valence-electron chi connectivity index (χ3n) is 1.87. The van der Waals surface area contributed by atoms with Gasteiger partial charge >= 0.3 is 5.97 Å². The number of rotatable bonds is 5. The van der Waals surface area contributed by atoms with E-state index in [-0.39, 0.29) is 0 Å². The lowest BCUT2D eigenvalue weighted by molar-refractivity contribution is -0.161. The number of hydrogen-bond acceptors (Lipinski definition) is 4. The highest BCUT2D eigenvalue weighted by Crippen LogP contribution is 2.12. The van der Waals surface area contributed by atoms with Crippen LogP contribution in [0.25, 0.3) is 0 Å². The number of aliphatic hydroxyl groups is 1. The van der Waals surface area contributed by atoms with Crippen molar-refractivity contribution in [2.24, 2.45) is 0 Å². The molecule has 1 N–H and O–H groups in total. The van der Waals surface area contributed by atoms with E-state index in [1.165, 1.54) is 6.92 Å². The third-order valence-corrected chi connectivity index (χ3v) is 1.87. The maximum Gasteiger partial charge on any atom is 0.330 e. The normalized spacial score (nSPS) is 13.6. The summed E-state index contributed by atoms with van der Waals surface area (Å²) in [7, 11) is 0. The molecule has 4 heteroatoms. The maximum atomic E-state index is 10.9. The zero-order chi connectivity index (χ0) is 12.0. The molecule has 2 atom stereocenters. The topological polar surface area (TPSA) is 55.8 Å². The van der Waals surface area contributed by atoms with Crippen molar-refractivity contribution in [1.29, 1.82) is 0 Å². The van der Waals surface area contributed by atoms with Crippen LogP contribution in [0.1, 0.15) is 6.92 Å². The molecule has 86 valence electrons. The Hall–Kier alpha value is -1.81. The Morgan fingerprint density at radius 1 is 1.44 bits per heavy atom. The summed E-state index contributed by atoms with van der Waals surface area (Å²) in [5.41, 5.74) is 0. The van der Waals surface area contributed by atoms with Crippen molar-refractivity contribution in [3.8, 4) is 5.75 Å². The number of ether oxygens (including phenoxy) is 2. The van der Waals surface area contributed by atoms with Crippen LogP contribution in [-0.4, -0.2) is 23.5 Å². The molecule has 0 bridgehead atoms. The minimum Gasteiger partial charge on any atom is -0.461 e. The Kier molecular flexibility index (Phi) is 4.54. The highest BCUT2D eigenvalue weighted by Gasteiger charge is 2.18. The number of benzene rings is 1. The molecule has 0 heterocycles. The van der Waals surface area contributed by atoms with Gasteiger partial charge in [-0.1, -0.05) is 24.8 Å². The van der Waals surface area contributed by atoms with Gasteiger partial charge in [-0.05, 0) is 19.1 Å². The molecule has 0 aliphatic heterocycles. The summed E-state index contributed by atoms with van der Waals surface area (Å²) in [6.45, 7) is 4.80. The lowest BCUT2D eigenvalue weighted by atomic mass is 10.3. The van der Waals surface area contributed by atoms with E-state index in [2.05, 4.69) is 6.58 Å². The molecule has 1 rings (SSSR count). The van der Waals surface area contributed by atoms with Crippen LogP contribution in [-0.2, 0) is 9.53 Å². The van der Waals surface area contributed by atoms with E-state index >= 15 is 0 Å². The molecule has 1 aromatic carbocycles. The zero-order valence-electron chi connectivity index (χ0n) is 9.00. The number of hydrogen-bond donors (Lipinski definition) is 1. The van der Waals surface area contributed by atoms with Gasteiger partial charge in [0.1, 0.15) is 5.75 Å². The van der Waals surface area contributed by atoms with Crippen molar-refractivity contribution in [2.75, 3.05) is 0 Å². The first-order chi connectivity index (χ1) is 7.63. The highest BCUT2D eigenvalue weighted by atomic mass is 16.6. The standard InChI is InChI=1S/C12H14O4/c1-3-11(13)15-9(2)12(14)16-10-7-5-4-6-8-10/h3-9,12,14H,1H2,2H3. The van der Waals surface area contributed by atoms with Crippen molar-refractivity contribution in [2.45, 2.75) is 19.3 Å². The molecule has 0 amide bonds. The third kappa shape index (κ3) is 3.74. The average Bonchev–Trinajstić information content (AvgIpc) is 2.30. The minimum atomic E-state index is -1.20. The number of esters is 1. The van der Waals surface area contributed by atoms with Gasteiger partial charge < -0.3 is 14.6 Å². The van der Waals surface area contributed by atoms with Gasteiger partial charge in [-0.3, -0.25) is 0 Å². The number of carbonyl (C=O) groups is 1. The van der Waals surface area contributed by atoms with E-state index in [9.17, 15) is 9.90 Å². The van der Waals surface area contributed by atoms with Crippen LogP contribution in [0.2, 0.25) is 0 Å². The Labute approximate surface area is 94.1 Å². The molecule has 0 saturated carbocycles. The van der Waals surface area contributed by atoms with Crippen LogP contribution >= 0.6 is 0 Å². The molecule has 0 aromatic heterocycles. The van der Waals surface area contributed by atoms with E-state index in [1.807, 2.05) is 6.07 Å². The molecular weight excluding hydrogens is 208 g/mol. The number of para-hydroxylation sites is 1. The number of carbonyl (C=O) groups excluding carboxylic acids is 1. The van der Waals surface area contributed by atoms with Gasteiger partial charge in [0.2, 0.25) is 6.29 Å². The molecule has 0 radical (unpaired) electrons. The van der Waals surface area contributed by atoms with Gasteiger partial charge in [-0.15, -0.1) is 0 Å². The first kappa shape index (κ1) is 12.3. The highest BCUT2D eigenvalue weighted by molar-refractivity contribution is 5.81. The maximum absolute atomic E-state index is 10.9. The summed E-state index contributed by atoms with van der Waals surface area (Å²) in [5.74, 6) is -0.0836. The van der Waals surface area contributed by atoms with Gasteiger partial charge in [-0.2, -0.15) is 0 Å². The predicted molar refractivity (Wildman–Crippen MR) is 58.8 cm³/mol. The Bertz CT molecular complexity index is 347. The fourth-order valence-corrected chi connectivity index (χ4v) is 1.02. The molecule has 16 heavy (non-hydrogen) atoms. The fourth-order valence-electron chi connectivity index (χ4n) is 1.02. The van der Waals surface area contributed by atoms with Crippen molar-refractivity contribution in [3.05, 3.63) is 43.0 Å². The van der Waals surface area contributed by atoms with Gasteiger partial charge in [0.05, 0.1) is 0 Å². The summed E-state index contributed by atoms with van der Waals surface area (Å²) in [5, 5.41) is 9.58. The van der Waals surface area contributed by atoms with E-state index in [4.69, 9.17) is 9.47 Å². The Balaban J connectivity index is 2.49. The summed E-state index contributed by atoms with van der Waals surface area (Å²) in [4.78, 5) is 10.9. The van der Waals surface area contributed by atoms with Gasteiger partial charge in [0.15, 0.2) is 6.10 Å². The molecule has 0 spiro atoms. The predicted octanol–water partition coefficient (Wildman–Crippen LogP) is 1.50. The first-order valence-electron chi connectivity index (χ1n) is 4.86. The monoisotopic (exact) mass is 222 g/mol. The van der Waals surface area contributed by atoms with Crippen molar-refractivity contribution < 1.29 is 19.4 Å². The second-order valence-electron chi connectivity index (χ2n) is 3.17. The molecule has 1 aromatic rings. The van der Waals surface area contributed by atoms with Gasteiger partial charge in [0, 0.05) is 6.08 Å². The molecule has 0 saturated heterocycles. The van der Waals surface area contributed by atoms with E-state index in [0.717, 1.165) is 6.08 Å². The van der Waals surface area contributed by atoms with Crippen LogP contribution in [0.3, 0.4) is 0 Å². The first-order valence-corrected chi connectivity index (χ1v) is 4.86. The lowest BCUT2D eigenvalue weighted by Crippen LogP contribution is -2.32. The van der Waals surface area contributed by atoms with Gasteiger partial charge in [0.25, 0.3) is 0 Å². The summed E-state index contributed by atoms with van der Waals surface area (Å²) < 4.78 is 9.97. The van der Waals surface area contributed by atoms with E-state index in [1.54, 1.807) is 24.3 Å². The van der Waals surface area contributed by atoms with Crippen LogP contribution in [0, 0.1) is 0 Å². The van der Waals surface area contributed by atoms with Crippen molar-refractivity contribution in [1.82, 2.24) is 0 Å². The van der Waals surface area contributed by atoms with Crippen LogP contribution in [0.4, 0.5) is 0 Å². The quantitative estimate of drug-likeness (QED) is 0.466.